The highest BCUT2D eigenvalue weighted by molar-refractivity contribution is 7.92. The van der Waals surface area contributed by atoms with Gasteiger partial charge in [-0.2, -0.15) is 0 Å². The average molecular weight is 443 g/mol. The summed E-state index contributed by atoms with van der Waals surface area (Å²) in [6, 6.07) is 28.3. The van der Waals surface area contributed by atoms with Crippen molar-refractivity contribution < 1.29 is 13.2 Å². The van der Waals surface area contributed by atoms with Crippen molar-refractivity contribution in [2.24, 2.45) is 0 Å². The molecule has 1 N–H and O–H groups in total. The number of nitrogens with one attached hydrogen (secondary N) is 1. The highest BCUT2D eigenvalue weighted by Crippen LogP contribution is 2.25. The van der Waals surface area contributed by atoms with E-state index in [9.17, 15) is 13.2 Å². The van der Waals surface area contributed by atoms with E-state index >= 15 is 0 Å². The molecule has 0 atom stereocenters. The van der Waals surface area contributed by atoms with Crippen molar-refractivity contribution in [2.75, 3.05) is 16.2 Å². The summed E-state index contributed by atoms with van der Waals surface area (Å²) in [5, 5.41) is 5.02. The smallest absolute Gasteiger partial charge is 0.264 e. The van der Waals surface area contributed by atoms with Crippen LogP contribution in [0, 0.1) is 0 Å². The molecular formula is C26H22N2O3S. The molecule has 6 heteroatoms. The van der Waals surface area contributed by atoms with Gasteiger partial charge in [-0.15, -0.1) is 6.58 Å². The molecular weight excluding hydrogens is 420 g/mol. The maximum absolute atomic E-state index is 13.1. The van der Waals surface area contributed by atoms with Gasteiger partial charge in [0.2, 0.25) is 0 Å². The molecule has 1 amide bonds. The van der Waals surface area contributed by atoms with E-state index in [1.807, 2.05) is 42.5 Å². The molecule has 0 fully saturated rings. The third-order valence-corrected chi connectivity index (χ3v) is 6.86. The number of hydrogen-bond acceptors (Lipinski definition) is 3. The van der Waals surface area contributed by atoms with Gasteiger partial charge in [-0.3, -0.25) is 9.10 Å². The van der Waals surface area contributed by atoms with Gasteiger partial charge in [-0.05, 0) is 59.3 Å². The molecule has 160 valence electrons. The third-order valence-electron chi connectivity index (χ3n) is 5.05. The third kappa shape index (κ3) is 4.40. The first-order chi connectivity index (χ1) is 15.5. The van der Waals surface area contributed by atoms with E-state index in [4.69, 9.17) is 0 Å². The molecule has 0 bridgehead atoms. The van der Waals surface area contributed by atoms with E-state index in [-0.39, 0.29) is 17.3 Å². The second-order valence-electron chi connectivity index (χ2n) is 7.20. The number of benzene rings is 4. The lowest BCUT2D eigenvalue weighted by Crippen LogP contribution is -2.31. The van der Waals surface area contributed by atoms with Crippen molar-refractivity contribution >= 4 is 38.1 Å². The van der Waals surface area contributed by atoms with E-state index in [0.29, 0.717) is 16.9 Å². The van der Waals surface area contributed by atoms with E-state index in [1.54, 1.807) is 54.6 Å². The number of sulfonamides is 1. The van der Waals surface area contributed by atoms with Crippen LogP contribution < -0.4 is 9.62 Å². The first-order valence-corrected chi connectivity index (χ1v) is 11.5. The molecule has 0 unspecified atom stereocenters. The van der Waals surface area contributed by atoms with Crippen LogP contribution in [0.15, 0.2) is 115 Å². The number of hydrogen-bond donors (Lipinski definition) is 1. The molecule has 5 nitrogen and oxygen atoms in total. The Morgan fingerprint density at radius 1 is 0.844 bits per heavy atom. The van der Waals surface area contributed by atoms with Crippen LogP contribution >= 0.6 is 0 Å². The minimum Gasteiger partial charge on any atom is -0.322 e. The normalized spacial score (nSPS) is 11.1. The number of anilines is 2. The fourth-order valence-electron chi connectivity index (χ4n) is 3.43. The summed E-state index contributed by atoms with van der Waals surface area (Å²) in [6.45, 7) is 3.79. The quantitative estimate of drug-likeness (QED) is 0.386. The van der Waals surface area contributed by atoms with Gasteiger partial charge < -0.3 is 5.32 Å². The fourth-order valence-corrected chi connectivity index (χ4v) is 4.89. The van der Waals surface area contributed by atoms with Crippen LogP contribution in [0.2, 0.25) is 0 Å². The molecule has 0 saturated carbocycles. The summed E-state index contributed by atoms with van der Waals surface area (Å²) in [5.41, 5.74) is 1.58. The molecule has 4 rings (SSSR count). The second kappa shape index (κ2) is 9.08. The number of nitrogens with zero attached hydrogens (tertiary/aromatic N) is 1. The molecule has 32 heavy (non-hydrogen) atoms. The van der Waals surface area contributed by atoms with E-state index in [2.05, 4.69) is 11.9 Å². The Kier molecular flexibility index (Phi) is 6.05. The second-order valence-corrected chi connectivity index (χ2v) is 9.06. The van der Waals surface area contributed by atoms with Crippen LogP contribution in [-0.4, -0.2) is 20.9 Å². The van der Waals surface area contributed by atoms with Crippen LogP contribution in [0.1, 0.15) is 10.4 Å². The minimum absolute atomic E-state index is 0.111. The van der Waals surface area contributed by atoms with Crippen LogP contribution in [-0.2, 0) is 10.0 Å². The predicted molar refractivity (Wildman–Crippen MR) is 130 cm³/mol. The van der Waals surface area contributed by atoms with Crippen LogP contribution in [0.3, 0.4) is 0 Å². The number of amides is 1. The summed E-state index contributed by atoms with van der Waals surface area (Å²) in [7, 11) is -3.76. The molecule has 0 aliphatic heterocycles. The summed E-state index contributed by atoms with van der Waals surface area (Å²) < 4.78 is 27.4. The molecule has 0 aliphatic rings. The topological polar surface area (TPSA) is 66.5 Å². The Morgan fingerprint density at radius 2 is 1.50 bits per heavy atom. The highest BCUT2D eigenvalue weighted by Gasteiger charge is 2.24. The molecule has 0 spiro atoms. The number of fused-ring (bicyclic) bond motifs is 1. The maximum atomic E-state index is 13.1. The highest BCUT2D eigenvalue weighted by atomic mass is 32.2. The SMILES string of the molecule is C=CCN(c1ccc(C(=O)Nc2ccc3ccccc3c2)cc1)S(=O)(=O)c1ccccc1. The number of carbonyl (C=O) groups is 1. The standard InChI is InChI=1S/C26H22N2O3S/c1-2-18-28(32(30,31)25-10-4-3-5-11-25)24-16-13-21(14-17-24)26(29)27-23-15-12-20-8-6-7-9-22(20)19-23/h2-17,19H,1,18H2,(H,27,29). The zero-order chi connectivity index (χ0) is 22.6. The van der Waals surface area contributed by atoms with Gasteiger partial charge in [0.15, 0.2) is 0 Å². The van der Waals surface area contributed by atoms with Gasteiger partial charge in [0.05, 0.1) is 17.1 Å². The number of rotatable bonds is 7. The Hall–Kier alpha value is -3.90. The molecule has 0 aromatic heterocycles. The lowest BCUT2D eigenvalue weighted by molar-refractivity contribution is 0.102. The van der Waals surface area contributed by atoms with Gasteiger partial charge in [-0.1, -0.05) is 54.6 Å². The molecule has 4 aromatic carbocycles. The summed E-state index contributed by atoms with van der Waals surface area (Å²) >= 11 is 0. The molecule has 0 aliphatic carbocycles. The first-order valence-electron chi connectivity index (χ1n) is 10.1. The monoisotopic (exact) mass is 442 g/mol. The fraction of sp³-hybridized carbons (Fsp3) is 0.0385. The molecule has 0 heterocycles. The van der Waals surface area contributed by atoms with Gasteiger partial charge in [0.1, 0.15) is 0 Å². The maximum Gasteiger partial charge on any atom is 0.264 e. The van der Waals surface area contributed by atoms with Crippen LogP contribution in [0.4, 0.5) is 11.4 Å². The zero-order valence-electron chi connectivity index (χ0n) is 17.3. The summed E-state index contributed by atoms with van der Waals surface area (Å²) in [6.07, 6.45) is 1.53. The van der Waals surface area contributed by atoms with Crippen LogP contribution in [0.25, 0.3) is 10.8 Å². The van der Waals surface area contributed by atoms with Gasteiger partial charge in [0, 0.05) is 11.3 Å². The van der Waals surface area contributed by atoms with Crippen molar-refractivity contribution in [3.8, 4) is 0 Å². The Morgan fingerprint density at radius 3 is 2.19 bits per heavy atom. The van der Waals surface area contributed by atoms with Crippen LogP contribution in [0.5, 0.6) is 0 Å². The minimum atomic E-state index is -3.76. The van der Waals surface area contributed by atoms with Crippen molar-refractivity contribution in [1.29, 1.82) is 0 Å². The average Bonchev–Trinajstić information content (AvgIpc) is 2.83. The zero-order valence-corrected chi connectivity index (χ0v) is 18.1. The van der Waals surface area contributed by atoms with Gasteiger partial charge >= 0.3 is 0 Å². The van der Waals surface area contributed by atoms with Crippen molar-refractivity contribution in [3.63, 3.8) is 0 Å². The van der Waals surface area contributed by atoms with Gasteiger partial charge in [0.25, 0.3) is 15.9 Å². The Bertz CT molecular complexity index is 1370. The van der Waals surface area contributed by atoms with Crippen molar-refractivity contribution in [3.05, 3.63) is 115 Å². The summed E-state index contributed by atoms with van der Waals surface area (Å²) in [4.78, 5) is 12.9. The molecule has 4 aromatic rings. The molecule has 0 saturated heterocycles. The number of carbonyl (C=O) groups excluding carboxylic acids is 1. The first kappa shape index (κ1) is 21.3. The van der Waals surface area contributed by atoms with Crippen molar-refractivity contribution in [1.82, 2.24) is 0 Å². The Labute approximate surface area is 187 Å². The summed E-state index contributed by atoms with van der Waals surface area (Å²) in [5.74, 6) is -0.270. The van der Waals surface area contributed by atoms with E-state index in [0.717, 1.165) is 10.8 Å². The van der Waals surface area contributed by atoms with Gasteiger partial charge in [-0.25, -0.2) is 8.42 Å². The Balaban J connectivity index is 1.56. The van der Waals surface area contributed by atoms with Crippen molar-refractivity contribution in [2.45, 2.75) is 4.90 Å². The van der Waals surface area contributed by atoms with E-state index in [1.165, 1.54) is 10.4 Å². The molecule has 0 radical (unpaired) electrons. The largest absolute Gasteiger partial charge is 0.322 e. The lowest BCUT2D eigenvalue weighted by Gasteiger charge is -2.23. The predicted octanol–water partition coefficient (Wildman–Crippen LogP) is 5.47. The lowest BCUT2D eigenvalue weighted by atomic mass is 10.1. The van der Waals surface area contributed by atoms with E-state index < -0.39 is 10.0 Å².